The first-order valence-electron chi connectivity index (χ1n) is 7.78. The third-order valence-electron chi connectivity index (χ3n) is 3.79. The van der Waals surface area contributed by atoms with Gasteiger partial charge in [0.15, 0.2) is 11.6 Å². The topological polar surface area (TPSA) is 67.4 Å². The molecule has 1 atom stereocenters. The van der Waals surface area contributed by atoms with Crippen LogP contribution >= 0.6 is 0 Å². The van der Waals surface area contributed by atoms with Gasteiger partial charge in [-0.2, -0.15) is 0 Å². The van der Waals surface area contributed by atoms with Gasteiger partial charge in [-0.25, -0.2) is 8.78 Å². The minimum absolute atomic E-state index is 0.00331. The average Bonchev–Trinajstić information content (AvgIpc) is 3.01. The second-order valence-electron chi connectivity index (χ2n) is 5.71. The Morgan fingerprint density at radius 3 is 2.76 bits per heavy atom. The first-order valence-corrected chi connectivity index (χ1v) is 7.78. The molecule has 1 fully saturated rings. The molecule has 25 heavy (non-hydrogen) atoms. The fourth-order valence-electron chi connectivity index (χ4n) is 2.52. The Hall–Kier alpha value is -2.96. The van der Waals surface area contributed by atoms with E-state index in [0.717, 1.165) is 6.07 Å². The van der Waals surface area contributed by atoms with E-state index in [0.29, 0.717) is 18.4 Å². The number of hydrogen-bond donors (Lipinski definition) is 2. The normalized spacial score (nSPS) is 16.4. The highest BCUT2D eigenvalue weighted by Gasteiger charge is 2.27. The van der Waals surface area contributed by atoms with Crippen molar-refractivity contribution in [3.05, 3.63) is 59.7 Å². The predicted octanol–water partition coefficient (Wildman–Crippen LogP) is 2.76. The molecule has 0 aliphatic carbocycles. The molecular formula is C18H16F2N2O3. The molecule has 1 aliphatic heterocycles. The quantitative estimate of drug-likeness (QED) is 0.875. The lowest BCUT2D eigenvalue weighted by Crippen LogP contribution is -2.37. The zero-order valence-electron chi connectivity index (χ0n) is 13.2. The smallest absolute Gasteiger partial charge is 0.246 e. The SMILES string of the molecule is O=C1CC[C@H](C(=O)Nc2ccc(OCc3cccc(F)c3)c(F)c2)N1. The molecule has 2 N–H and O–H groups in total. The van der Waals surface area contributed by atoms with Gasteiger partial charge in [0, 0.05) is 18.2 Å². The molecule has 7 heteroatoms. The van der Waals surface area contributed by atoms with Crippen molar-refractivity contribution in [2.24, 2.45) is 0 Å². The molecule has 1 heterocycles. The van der Waals surface area contributed by atoms with Crippen molar-refractivity contribution in [3.63, 3.8) is 0 Å². The number of halogens is 2. The zero-order chi connectivity index (χ0) is 17.8. The van der Waals surface area contributed by atoms with Crippen molar-refractivity contribution >= 4 is 17.5 Å². The Balaban J connectivity index is 1.60. The Kier molecular flexibility index (Phi) is 4.92. The summed E-state index contributed by atoms with van der Waals surface area (Å²) in [5.41, 5.74) is 0.843. The van der Waals surface area contributed by atoms with Crippen LogP contribution in [0.2, 0.25) is 0 Å². The third kappa shape index (κ3) is 4.32. The van der Waals surface area contributed by atoms with E-state index >= 15 is 0 Å². The van der Waals surface area contributed by atoms with Crippen molar-refractivity contribution in [1.82, 2.24) is 5.32 Å². The Bertz CT molecular complexity index is 811. The zero-order valence-corrected chi connectivity index (χ0v) is 13.2. The average molecular weight is 346 g/mol. The summed E-state index contributed by atoms with van der Waals surface area (Å²) in [4.78, 5) is 23.1. The Labute approximate surface area is 143 Å². The van der Waals surface area contributed by atoms with Crippen molar-refractivity contribution in [1.29, 1.82) is 0 Å². The number of nitrogens with one attached hydrogen (secondary N) is 2. The minimum Gasteiger partial charge on any atom is -0.486 e. The number of hydrogen-bond acceptors (Lipinski definition) is 3. The molecule has 130 valence electrons. The molecule has 0 spiro atoms. The van der Waals surface area contributed by atoms with Crippen molar-refractivity contribution < 1.29 is 23.1 Å². The first kappa shape index (κ1) is 16.9. The van der Waals surface area contributed by atoms with E-state index in [1.807, 2.05) is 0 Å². The van der Waals surface area contributed by atoms with Crippen LogP contribution in [0.1, 0.15) is 18.4 Å². The van der Waals surface area contributed by atoms with Crippen molar-refractivity contribution in [2.45, 2.75) is 25.5 Å². The molecule has 1 saturated heterocycles. The maximum Gasteiger partial charge on any atom is 0.246 e. The molecule has 0 aromatic heterocycles. The van der Waals surface area contributed by atoms with Gasteiger partial charge in [0.25, 0.3) is 0 Å². The molecule has 0 saturated carbocycles. The second kappa shape index (κ2) is 7.29. The van der Waals surface area contributed by atoms with Gasteiger partial charge < -0.3 is 15.4 Å². The molecule has 5 nitrogen and oxygen atoms in total. The maximum atomic E-state index is 14.1. The number of amides is 2. The van der Waals surface area contributed by atoms with E-state index < -0.39 is 23.6 Å². The van der Waals surface area contributed by atoms with Crippen LogP contribution in [-0.2, 0) is 16.2 Å². The summed E-state index contributed by atoms with van der Waals surface area (Å²) >= 11 is 0. The lowest BCUT2D eigenvalue weighted by Gasteiger charge is -2.12. The third-order valence-corrected chi connectivity index (χ3v) is 3.79. The van der Waals surface area contributed by atoms with Gasteiger partial charge in [-0.1, -0.05) is 12.1 Å². The highest BCUT2D eigenvalue weighted by molar-refractivity contribution is 5.99. The number of carbonyl (C=O) groups excluding carboxylic acids is 2. The Morgan fingerprint density at radius 1 is 1.24 bits per heavy atom. The van der Waals surface area contributed by atoms with Crippen LogP contribution in [0.5, 0.6) is 5.75 Å². The van der Waals surface area contributed by atoms with E-state index in [-0.39, 0.29) is 24.0 Å². The second-order valence-corrected chi connectivity index (χ2v) is 5.71. The number of anilines is 1. The molecule has 2 amide bonds. The molecule has 0 bridgehead atoms. The van der Waals surface area contributed by atoms with Gasteiger partial charge in [0.1, 0.15) is 18.5 Å². The summed E-state index contributed by atoms with van der Waals surface area (Å²) in [7, 11) is 0. The van der Waals surface area contributed by atoms with Gasteiger partial charge in [0.05, 0.1) is 0 Å². The first-order chi connectivity index (χ1) is 12.0. The fourth-order valence-corrected chi connectivity index (χ4v) is 2.52. The molecule has 2 aromatic carbocycles. The molecule has 3 rings (SSSR count). The maximum absolute atomic E-state index is 14.1. The van der Waals surface area contributed by atoms with Crippen LogP contribution < -0.4 is 15.4 Å². The van der Waals surface area contributed by atoms with E-state index in [4.69, 9.17) is 4.74 Å². The Morgan fingerprint density at radius 2 is 2.08 bits per heavy atom. The molecule has 0 unspecified atom stereocenters. The summed E-state index contributed by atoms with van der Waals surface area (Å²) < 4.78 is 32.5. The molecule has 0 radical (unpaired) electrons. The van der Waals surface area contributed by atoms with Gasteiger partial charge >= 0.3 is 0 Å². The highest BCUT2D eigenvalue weighted by Crippen LogP contribution is 2.23. The molecule has 1 aliphatic rings. The van der Waals surface area contributed by atoms with E-state index in [2.05, 4.69) is 10.6 Å². The summed E-state index contributed by atoms with van der Waals surface area (Å²) in [6.45, 7) is 0.0223. The van der Waals surface area contributed by atoms with Gasteiger partial charge in [0.2, 0.25) is 11.8 Å². The van der Waals surface area contributed by atoms with E-state index in [1.165, 1.54) is 24.3 Å². The standard InChI is InChI=1S/C18H16F2N2O3/c19-12-3-1-2-11(8-12)10-25-16-6-4-13(9-14(16)20)21-18(24)15-5-7-17(23)22-15/h1-4,6,8-9,15H,5,7,10H2,(H,21,24)(H,22,23)/t15-/m1/s1. The largest absolute Gasteiger partial charge is 0.486 e. The number of carbonyl (C=O) groups is 2. The summed E-state index contributed by atoms with van der Waals surface area (Å²) in [6, 6.07) is 9.26. The van der Waals surface area contributed by atoms with Crippen molar-refractivity contribution in [2.75, 3.05) is 5.32 Å². The van der Waals surface area contributed by atoms with Crippen LogP contribution in [0.25, 0.3) is 0 Å². The van der Waals surface area contributed by atoms with Crippen LogP contribution in [0, 0.1) is 11.6 Å². The summed E-state index contributed by atoms with van der Waals surface area (Å²) in [5.74, 6) is -1.61. The van der Waals surface area contributed by atoms with E-state index in [9.17, 15) is 18.4 Å². The number of ether oxygens (including phenoxy) is 1. The lowest BCUT2D eigenvalue weighted by atomic mass is 10.2. The van der Waals surface area contributed by atoms with Crippen LogP contribution in [0.3, 0.4) is 0 Å². The summed E-state index contributed by atoms with van der Waals surface area (Å²) in [5, 5.41) is 5.10. The predicted molar refractivity (Wildman–Crippen MR) is 86.9 cm³/mol. The lowest BCUT2D eigenvalue weighted by molar-refractivity contribution is -0.122. The van der Waals surface area contributed by atoms with Gasteiger partial charge in [-0.15, -0.1) is 0 Å². The minimum atomic E-state index is -0.648. The van der Waals surface area contributed by atoms with Gasteiger partial charge in [-0.05, 0) is 36.2 Å². The molecular weight excluding hydrogens is 330 g/mol. The van der Waals surface area contributed by atoms with E-state index in [1.54, 1.807) is 12.1 Å². The highest BCUT2D eigenvalue weighted by atomic mass is 19.1. The van der Waals surface area contributed by atoms with Crippen LogP contribution in [0.15, 0.2) is 42.5 Å². The van der Waals surface area contributed by atoms with Crippen molar-refractivity contribution in [3.8, 4) is 5.75 Å². The molecule has 2 aromatic rings. The fraction of sp³-hybridized carbons (Fsp3) is 0.222. The van der Waals surface area contributed by atoms with Crippen LogP contribution in [-0.4, -0.2) is 17.9 Å². The van der Waals surface area contributed by atoms with Gasteiger partial charge in [-0.3, -0.25) is 9.59 Å². The number of rotatable bonds is 5. The summed E-state index contributed by atoms with van der Waals surface area (Å²) in [6.07, 6.45) is 0.723. The number of benzene rings is 2. The monoisotopic (exact) mass is 346 g/mol. The van der Waals surface area contributed by atoms with Crippen LogP contribution in [0.4, 0.5) is 14.5 Å².